The van der Waals surface area contributed by atoms with Crippen LogP contribution in [0.25, 0.3) is 0 Å². The van der Waals surface area contributed by atoms with Crippen molar-refractivity contribution < 1.29 is 4.74 Å². The van der Waals surface area contributed by atoms with Gasteiger partial charge < -0.3 is 21.9 Å². The normalized spacial score (nSPS) is 16.6. The molecular formula is C18H24N4O. The highest BCUT2D eigenvalue weighted by Crippen LogP contribution is 2.28. The van der Waals surface area contributed by atoms with Crippen molar-refractivity contribution in [2.45, 2.75) is 32.6 Å². The molecule has 122 valence electrons. The van der Waals surface area contributed by atoms with Crippen LogP contribution in [0.4, 0.5) is 0 Å². The summed E-state index contributed by atoms with van der Waals surface area (Å²) < 4.78 is 5.96. The molecule has 0 saturated carbocycles. The van der Waals surface area contributed by atoms with E-state index in [9.17, 15) is 0 Å². The predicted molar refractivity (Wildman–Crippen MR) is 94.6 cm³/mol. The van der Waals surface area contributed by atoms with E-state index in [4.69, 9.17) is 21.9 Å². The van der Waals surface area contributed by atoms with Crippen molar-refractivity contribution in [1.29, 1.82) is 0 Å². The first-order valence-electron chi connectivity index (χ1n) is 7.51. The van der Waals surface area contributed by atoms with Crippen LogP contribution < -0.4 is 21.9 Å². The van der Waals surface area contributed by atoms with Gasteiger partial charge in [0.2, 0.25) is 0 Å². The van der Waals surface area contributed by atoms with Crippen LogP contribution in [-0.4, -0.2) is 5.96 Å². The molecule has 0 bridgehead atoms. The summed E-state index contributed by atoms with van der Waals surface area (Å²) in [5.74, 6) is 1.60. The minimum Gasteiger partial charge on any atom is -0.457 e. The van der Waals surface area contributed by atoms with E-state index in [1.165, 1.54) is 5.56 Å². The van der Waals surface area contributed by atoms with Crippen LogP contribution in [-0.2, 0) is 5.41 Å². The van der Waals surface area contributed by atoms with Crippen molar-refractivity contribution in [1.82, 2.24) is 0 Å². The minimum atomic E-state index is -0.0709. The molecule has 0 unspecified atom stereocenters. The Labute approximate surface area is 137 Å². The molecule has 1 aliphatic carbocycles. The molecule has 23 heavy (non-hydrogen) atoms. The maximum Gasteiger partial charge on any atom is 0.192 e. The number of guanidine groups is 1. The molecule has 0 aromatic heterocycles. The average Bonchev–Trinajstić information content (AvgIpc) is 2.46. The standard InChI is InChI=1S/C18H24N4O/c1-18(2,3)12-8-10-13(11-9-12)23-15-7-5-4-6-14(15)16(19)22-17(20)21/h4-5,7-11H,6,19H2,1-3H3,(H4,20,21,22)/b16-14+. The summed E-state index contributed by atoms with van der Waals surface area (Å²) in [6, 6.07) is 8.04. The molecule has 5 heteroatoms. The first-order chi connectivity index (χ1) is 10.8. The molecular weight excluding hydrogens is 288 g/mol. The number of nitrogens with two attached hydrogens (primary N) is 3. The Morgan fingerprint density at radius 1 is 1.09 bits per heavy atom. The Morgan fingerprint density at radius 2 is 1.74 bits per heavy atom. The zero-order chi connectivity index (χ0) is 17.0. The summed E-state index contributed by atoms with van der Waals surface area (Å²) in [4.78, 5) is 3.91. The van der Waals surface area contributed by atoms with Gasteiger partial charge in [-0.15, -0.1) is 0 Å². The number of hydrogen-bond donors (Lipinski definition) is 3. The predicted octanol–water partition coefficient (Wildman–Crippen LogP) is 2.65. The van der Waals surface area contributed by atoms with Gasteiger partial charge in [0.05, 0.1) is 0 Å². The quantitative estimate of drug-likeness (QED) is 0.590. The number of allylic oxidation sites excluding steroid dienone is 4. The third-order valence-electron chi connectivity index (χ3n) is 3.51. The molecule has 1 aromatic rings. The van der Waals surface area contributed by atoms with Gasteiger partial charge in [-0.25, -0.2) is 0 Å². The van der Waals surface area contributed by atoms with Crippen LogP contribution in [0.5, 0.6) is 5.75 Å². The van der Waals surface area contributed by atoms with Gasteiger partial charge in [-0.1, -0.05) is 45.1 Å². The second-order valence-corrected chi connectivity index (χ2v) is 6.44. The van der Waals surface area contributed by atoms with Crippen LogP contribution in [0.3, 0.4) is 0 Å². The van der Waals surface area contributed by atoms with E-state index in [2.05, 4.69) is 37.9 Å². The van der Waals surface area contributed by atoms with Crippen molar-refractivity contribution in [3.05, 3.63) is 65.2 Å². The van der Waals surface area contributed by atoms with E-state index < -0.39 is 0 Å². The van der Waals surface area contributed by atoms with E-state index in [1.54, 1.807) is 0 Å². The SMILES string of the molecule is CC(C)(C)c1ccc(OC2=CC=CC/C2=C(/N)N=C(N)N)cc1. The zero-order valence-electron chi connectivity index (χ0n) is 13.8. The van der Waals surface area contributed by atoms with Gasteiger partial charge in [0.25, 0.3) is 0 Å². The summed E-state index contributed by atoms with van der Waals surface area (Å²) >= 11 is 0. The van der Waals surface area contributed by atoms with Gasteiger partial charge >= 0.3 is 0 Å². The lowest BCUT2D eigenvalue weighted by Crippen LogP contribution is -2.24. The van der Waals surface area contributed by atoms with Crippen LogP contribution in [0.2, 0.25) is 0 Å². The summed E-state index contributed by atoms with van der Waals surface area (Å²) in [5.41, 5.74) is 18.9. The van der Waals surface area contributed by atoms with Crippen molar-refractivity contribution in [2.75, 3.05) is 0 Å². The van der Waals surface area contributed by atoms with Gasteiger partial charge in [0.15, 0.2) is 5.96 Å². The van der Waals surface area contributed by atoms with Gasteiger partial charge in [-0.05, 0) is 35.6 Å². The molecule has 0 spiro atoms. The van der Waals surface area contributed by atoms with Gasteiger partial charge in [0.1, 0.15) is 17.3 Å². The second kappa shape index (κ2) is 6.60. The molecule has 6 N–H and O–H groups in total. The Bertz CT molecular complexity index is 685. The Kier molecular flexibility index (Phi) is 4.79. The van der Waals surface area contributed by atoms with Crippen LogP contribution >= 0.6 is 0 Å². The molecule has 0 heterocycles. The number of nitrogens with zero attached hydrogens (tertiary/aromatic N) is 1. The average molecular weight is 312 g/mol. The van der Waals surface area contributed by atoms with Crippen LogP contribution in [0.1, 0.15) is 32.8 Å². The number of ether oxygens (including phenoxy) is 1. The Balaban J connectivity index is 2.25. The molecule has 0 saturated heterocycles. The fraction of sp³-hybridized carbons (Fsp3) is 0.278. The zero-order valence-corrected chi connectivity index (χ0v) is 13.8. The first kappa shape index (κ1) is 16.7. The molecule has 0 aliphatic heterocycles. The van der Waals surface area contributed by atoms with Gasteiger partial charge in [-0.2, -0.15) is 4.99 Å². The smallest absolute Gasteiger partial charge is 0.192 e. The highest BCUT2D eigenvalue weighted by Gasteiger charge is 2.16. The highest BCUT2D eigenvalue weighted by atomic mass is 16.5. The van der Waals surface area contributed by atoms with Crippen molar-refractivity contribution in [2.24, 2.45) is 22.2 Å². The molecule has 0 atom stereocenters. The van der Waals surface area contributed by atoms with E-state index in [0.717, 1.165) is 11.3 Å². The number of benzene rings is 1. The lowest BCUT2D eigenvalue weighted by molar-refractivity contribution is 0.431. The van der Waals surface area contributed by atoms with Crippen LogP contribution in [0, 0.1) is 0 Å². The van der Waals surface area contributed by atoms with E-state index >= 15 is 0 Å². The second-order valence-electron chi connectivity index (χ2n) is 6.44. The third kappa shape index (κ3) is 4.39. The number of hydrogen-bond acceptors (Lipinski definition) is 3. The van der Waals surface area contributed by atoms with Gasteiger partial charge in [0, 0.05) is 5.57 Å². The van der Waals surface area contributed by atoms with Crippen molar-refractivity contribution >= 4 is 5.96 Å². The molecule has 5 nitrogen and oxygen atoms in total. The Morgan fingerprint density at radius 3 is 2.30 bits per heavy atom. The lowest BCUT2D eigenvalue weighted by atomic mass is 9.87. The largest absolute Gasteiger partial charge is 0.457 e. The molecule has 0 amide bonds. The number of rotatable bonds is 3. The molecule has 0 fully saturated rings. The summed E-state index contributed by atoms with van der Waals surface area (Å²) in [6.45, 7) is 6.52. The summed E-state index contributed by atoms with van der Waals surface area (Å²) in [6.07, 6.45) is 6.37. The third-order valence-corrected chi connectivity index (χ3v) is 3.51. The molecule has 2 rings (SSSR count). The molecule has 0 radical (unpaired) electrons. The monoisotopic (exact) mass is 312 g/mol. The van der Waals surface area contributed by atoms with Crippen LogP contribution in [0.15, 0.2) is 64.6 Å². The van der Waals surface area contributed by atoms with Crippen molar-refractivity contribution in [3.8, 4) is 5.75 Å². The number of aliphatic imine (C=N–C) groups is 1. The van der Waals surface area contributed by atoms with E-state index in [0.29, 0.717) is 12.2 Å². The maximum atomic E-state index is 5.96. The topological polar surface area (TPSA) is 99.6 Å². The summed E-state index contributed by atoms with van der Waals surface area (Å²) in [5, 5.41) is 0. The van der Waals surface area contributed by atoms with Gasteiger partial charge in [-0.3, -0.25) is 0 Å². The fourth-order valence-electron chi connectivity index (χ4n) is 2.23. The minimum absolute atomic E-state index is 0.0709. The maximum absolute atomic E-state index is 5.96. The molecule has 1 aliphatic rings. The lowest BCUT2D eigenvalue weighted by Gasteiger charge is -2.20. The summed E-state index contributed by atoms with van der Waals surface area (Å²) in [7, 11) is 0. The highest BCUT2D eigenvalue weighted by molar-refractivity contribution is 5.77. The Hall–Kier alpha value is -2.69. The fourth-order valence-corrected chi connectivity index (χ4v) is 2.23. The van der Waals surface area contributed by atoms with E-state index in [1.807, 2.05) is 30.4 Å². The first-order valence-corrected chi connectivity index (χ1v) is 7.51. The van der Waals surface area contributed by atoms with E-state index in [-0.39, 0.29) is 17.2 Å². The molecule has 1 aromatic carbocycles. The van der Waals surface area contributed by atoms with Crippen molar-refractivity contribution in [3.63, 3.8) is 0 Å².